The zero-order valence-electron chi connectivity index (χ0n) is 8.68. The first-order valence-corrected chi connectivity index (χ1v) is 6.57. The number of nitrogens with one attached hydrogen (secondary N) is 2. The van der Waals surface area contributed by atoms with E-state index in [1.54, 1.807) is 24.3 Å². The van der Waals surface area contributed by atoms with Gasteiger partial charge < -0.3 is 5.11 Å². The highest BCUT2D eigenvalue weighted by molar-refractivity contribution is 7.90. The number of rotatable bonds is 5. The van der Waals surface area contributed by atoms with Crippen molar-refractivity contribution in [2.24, 2.45) is 0 Å². The van der Waals surface area contributed by atoms with Crippen molar-refractivity contribution in [3.63, 3.8) is 0 Å². The Morgan fingerprint density at radius 3 is 2.38 bits per heavy atom. The van der Waals surface area contributed by atoms with Gasteiger partial charge >= 0.3 is 0 Å². The molecule has 6 heteroatoms. The van der Waals surface area contributed by atoms with E-state index in [2.05, 4.69) is 9.44 Å². The van der Waals surface area contributed by atoms with Crippen molar-refractivity contribution in [1.29, 1.82) is 0 Å². The number of hydrogen-bond donors (Lipinski definition) is 3. The molecule has 2 rings (SSSR count). The summed E-state index contributed by atoms with van der Waals surface area (Å²) in [5.41, 5.74) is 1.24. The molecule has 16 heavy (non-hydrogen) atoms. The third-order valence-corrected chi connectivity index (χ3v) is 3.44. The second-order valence-corrected chi connectivity index (χ2v) is 5.30. The van der Waals surface area contributed by atoms with Crippen LogP contribution in [0.15, 0.2) is 24.3 Å². The molecule has 1 saturated carbocycles. The molecule has 0 bridgehead atoms. The van der Waals surface area contributed by atoms with Crippen LogP contribution in [-0.4, -0.2) is 19.6 Å². The van der Waals surface area contributed by atoms with Crippen molar-refractivity contribution < 1.29 is 13.5 Å². The lowest BCUT2D eigenvalue weighted by Crippen LogP contribution is -2.31. The third kappa shape index (κ3) is 3.19. The van der Waals surface area contributed by atoms with E-state index in [1.807, 2.05) is 0 Å². The number of hydrogen-bond acceptors (Lipinski definition) is 3. The first-order valence-electron chi connectivity index (χ1n) is 5.09. The second kappa shape index (κ2) is 4.40. The predicted octanol–water partition coefficient (Wildman–Crippen LogP) is 0.588. The minimum atomic E-state index is -3.45. The summed E-state index contributed by atoms with van der Waals surface area (Å²) < 4.78 is 28.0. The van der Waals surface area contributed by atoms with E-state index >= 15 is 0 Å². The summed E-state index contributed by atoms with van der Waals surface area (Å²) in [7, 11) is -3.45. The molecule has 0 saturated heterocycles. The first-order chi connectivity index (χ1) is 7.59. The SMILES string of the molecule is O=S(=O)(Nc1ccc(CO)cc1)NC1CC1. The van der Waals surface area contributed by atoms with Crippen molar-refractivity contribution in [2.75, 3.05) is 4.72 Å². The van der Waals surface area contributed by atoms with Gasteiger partial charge in [0.1, 0.15) is 0 Å². The Kier molecular flexibility index (Phi) is 3.13. The highest BCUT2D eigenvalue weighted by atomic mass is 32.2. The molecule has 1 aromatic carbocycles. The third-order valence-electron chi connectivity index (χ3n) is 2.29. The molecule has 0 spiro atoms. The van der Waals surface area contributed by atoms with Gasteiger partial charge in [-0.15, -0.1) is 0 Å². The highest BCUT2D eigenvalue weighted by Crippen LogP contribution is 2.20. The van der Waals surface area contributed by atoms with Crippen LogP contribution in [0.3, 0.4) is 0 Å². The molecule has 0 aromatic heterocycles. The molecule has 0 radical (unpaired) electrons. The van der Waals surface area contributed by atoms with E-state index in [9.17, 15) is 8.42 Å². The molecule has 0 unspecified atom stereocenters. The Balaban J connectivity index is 2.01. The van der Waals surface area contributed by atoms with Gasteiger partial charge in [-0.25, -0.2) is 0 Å². The van der Waals surface area contributed by atoms with Gasteiger partial charge in [0, 0.05) is 11.7 Å². The van der Waals surface area contributed by atoms with E-state index in [-0.39, 0.29) is 12.6 Å². The topological polar surface area (TPSA) is 78.4 Å². The molecule has 3 N–H and O–H groups in total. The van der Waals surface area contributed by atoms with E-state index in [0.717, 1.165) is 18.4 Å². The standard InChI is InChI=1S/C10H14N2O3S/c13-7-8-1-3-9(4-2-8)11-16(14,15)12-10-5-6-10/h1-4,10-13H,5-7H2. The molecule has 0 aliphatic heterocycles. The van der Waals surface area contributed by atoms with Gasteiger partial charge in [0.15, 0.2) is 0 Å². The maximum absolute atomic E-state index is 11.5. The van der Waals surface area contributed by atoms with Gasteiger partial charge in [0.05, 0.1) is 6.61 Å². The minimum absolute atomic E-state index is 0.0483. The van der Waals surface area contributed by atoms with Gasteiger partial charge in [-0.05, 0) is 30.5 Å². The Morgan fingerprint density at radius 2 is 1.88 bits per heavy atom. The van der Waals surface area contributed by atoms with Crippen LogP contribution in [0.2, 0.25) is 0 Å². The van der Waals surface area contributed by atoms with E-state index in [0.29, 0.717) is 5.69 Å². The lowest BCUT2D eigenvalue weighted by atomic mass is 10.2. The number of aliphatic hydroxyl groups is 1. The molecule has 1 aromatic rings. The summed E-state index contributed by atoms with van der Waals surface area (Å²) in [5.74, 6) is 0. The van der Waals surface area contributed by atoms with Crippen molar-refractivity contribution in [2.45, 2.75) is 25.5 Å². The van der Waals surface area contributed by atoms with E-state index in [1.165, 1.54) is 0 Å². The summed E-state index contributed by atoms with van der Waals surface area (Å²) in [6.07, 6.45) is 1.81. The van der Waals surface area contributed by atoms with Crippen LogP contribution in [0, 0.1) is 0 Å². The summed E-state index contributed by atoms with van der Waals surface area (Å²) >= 11 is 0. The second-order valence-electron chi connectivity index (χ2n) is 3.85. The van der Waals surface area contributed by atoms with Crippen LogP contribution in [0.1, 0.15) is 18.4 Å². The summed E-state index contributed by atoms with van der Waals surface area (Å²) in [6.45, 7) is -0.0483. The van der Waals surface area contributed by atoms with Crippen LogP contribution in [-0.2, 0) is 16.8 Å². The molecule has 88 valence electrons. The highest BCUT2D eigenvalue weighted by Gasteiger charge is 2.26. The summed E-state index contributed by atoms with van der Waals surface area (Å²) in [6, 6.07) is 6.69. The lowest BCUT2D eigenvalue weighted by Gasteiger charge is -2.08. The number of benzene rings is 1. The largest absolute Gasteiger partial charge is 0.392 e. The van der Waals surface area contributed by atoms with Crippen molar-refractivity contribution >= 4 is 15.9 Å². The minimum Gasteiger partial charge on any atom is -0.392 e. The fourth-order valence-corrected chi connectivity index (χ4v) is 2.46. The summed E-state index contributed by atoms with van der Waals surface area (Å²) in [4.78, 5) is 0. The Labute approximate surface area is 94.7 Å². The number of anilines is 1. The predicted molar refractivity (Wildman–Crippen MR) is 61.1 cm³/mol. The molecule has 1 aliphatic rings. The van der Waals surface area contributed by atoms with E-state index in [4.69, 9.17) is 5.11 Å². The average Bonchev–Trinajstić information content (AvgIpc) is 3.01. The van der Waals surface area contributed by atoms with Crippen molar-refractivity contribution in [3.05, 3.63) is 29.8 Å². The Hall–Kier alpha value is -1.11. The smallest absolute Gasteiger partial charge is 0.299 e. The molecule has 1 aliphatic carbocycles. The molecular weight excluding hydrogens is 228 g/mol. The zero-order valence-corrected chi connectivity index (χ0v) is 9.50. The van der Waals surface area contributed by atoms with Gasteiger partial charge in [0.25, 0.3) is 10.2 Å². The van der Waals surface area contributed by atoms with Crippen LogP contribution >= 0.6 is 0 Å². The molecule has 0 atom stereocenters. The van der Waals surface area contributed by atoms with Gasteiger partial charge in [-0.1, -0.05) is 12.1 Å². The molecular formula is C10H14N2O3S. The molecule has 0 heterocycles. The fourth-order valence-electron chi connectivity index (χ4n) is 1.28. The lowest BCUT2D eigenvalue weighted by molar-refractivity contribution is 0.282. The molecule has 1 fully saturated rings. The van der Waals surface area contributed by atoms with E-state index < -0.39 is 10.2 Å². The van der Waals surface area contributed by atoms with Crippen molar-refractivity contribution in [1.82, 2.24) is 4.72 Å². The van der Waals surface area contributed by atoms with Gasteiger partial charge in [-0.3, -0.25) is 4.72 Å². The normalized spacial score (nSPS) is 16.1. The monoisotopic (exact) mass is 242 g/mol. The van der Waals surface area contributed by atoms with Crippen LogP contribution in [0.25, 0.3) is 0 Å². The molecule has 5 nitrogen and oxygen atoms in total. The summed E-state index contributed by atoms with van der Waals surface area (Å²) in [5, 5.41) is 8.84. The van der Waals surface area contributed by atoms with Crippen LogP contribution in [0.5, 0.6) is 0 Å². The average molecular weight is 242 g/mol. The van der Waals surface area contributed by atoms with Crippen LogP contribution < -0.4 is 9.44 Å². The Morgan fingerprint density at radius 1 is 1.25 bits per heavy atom. The first kappa shape index (κ1) is 11.4. The van der Waals surface area contributed by atoms with Gasteiger partial charge in [0.2, 0.25) is 0 Å². The molecule has 0 amide bonds. The van der Waals surface area contributed by atoms with Crippen molar-refractivity contribution in [3.8, 4) is 0 Å². The van der Waals surface area contributed by atoms with Gasteiger partial charge in [-0.2, -0.15) is 13.1 Å². The fraction of sp³-hybridized carbons (Fsp3) is 0.400. The Bertz CT molecular complexity index is 451. The van der Waals surface area contributed by atoms with Crippen LogP contribution in [0.4, 0.5) is 5.69 Å². The zero-order chi connectivity index (χ0) is 11.6. The maximum atomic E-state index is 11.5. The number of aliphatic hydroxyl groups excluding tert-OH is 1. The quantitative estimate of drug-likeness (QED) is 0.707. The maximum Gasteiger partial charge on any atom is 0.299 e.